The Hall–Kier alpha value is -3.11. The lowest BCUT2D eigenvalue weighted by molar-refractivity contribution is -0.118. The molecule has 5 rings (SSSR count). The molecule has 182 valence electrons. The average Bonchev–Trinajstić information content (AvgIpc) is 3.27. The van der Waals surface area contributed by atoms with Crippen molar-refractivity contribution in [2.24, 2.45) is 0 Å². The van der Waals surface area contributed by atoms with Gasteiger partial charge in [-0.1, -0.05) is 46.6 Å². The van der Waals surface area contributed by atoms with Crippen molar-refractivity contribution in [3.05, 3.63) is 81.0 Å². The van der Waals surface area contributed by atoms with Crippen LogP contribution in [0.2, 0.25) is 15.1 Å². The van der Waals surface area contributed by atoms with Crippen molar-refractivity contribution in [3.63, 3.8) is 0 Å². The normalized spacial score (nSPS) is 12.6. The number of nitrogens with one attached hydrogen (secondary N) is 1. The van der Waals surface area contributed by atoms with Gasteiger partial charge in [0.2, 0.25) is 0 Å². The average molecular weight is 564 g/mol. The highest BCUT2D eigenvalue weighted by Crippen LogP contribution is 2.35. The number of benzene rings is 3. The Labute approximate surface area is 223 Å². The third kappa shape index (κ3) is 4.92. The van der Waals surface area contributed by atoms with E-state index in [9.17, 15) is 14.0 Å². The fraction of sp³-hybridized carbons (Fsp3) is 0.0833. The number of thioether (sulfide) groups is 1. The van der Waals surface area contributed by atoms with Gasteiger partial charge in [0.25, 0.3) is 5.91 Å². The molecule has 4 aromatic rings. The second-order valence-corrected chi connectivity index (χ2v) is 9.82. The molecule has 0 aliphatic carbocycles. The number of amides is 1. The molecule has 0 bridgehead atoms. The van der Waals surface area contributed by atoms with Crippen molar-refractivity contribution in [1.29, 1.82) is 0 Å². The van der Waals surface area contributed by atoms with Gasteiger partial charge in [-0.05, 0) is 54.6 Å². The van der Waals surface area contributed by atoms with E-state index in [0.717, 1.165) is 11.8 Å². The van der Waals surface area contributed by atoms with Crippen molar-refractivity contribution < 1.29 is 18.7 Å². The SMILES string of the molecule is O=C1COc2ccc(C(=O)CSc3nnc(-c4ccc(Cl)cc4Cl)n3-c3ccc(F)c(Cl)c3)cc2N1. The molecule has 0 saturated carbocycles. The minimum absolute atomic E-state index is 0.00893. The predicted octanol–water partition coefficient (Wildman–Crippen LogP) is 6.34. The largest absolute Gasteiger partial charge is 0.482 e. The van der Waals surface area contributed by atoms with Crippen LogP contribution in [0.15, 0.2) is 59.8 Å². The third-order valence-corrected chi connectivity index (χ3v) is 7.00. The molecule has 2 heterocycles. The molecule has 0 fully saturated rings. The van der Waals surface area contributed by atoms with Gasteiger partial charge in [-0.3, -0.25) is 14.2 Å². The maximum Gasteiger partial charge on any atom is 0.262 e. The van der Waals surface area contributed by atoms with Crippen LogP contribution >= 0.6 is 46.6 Å². The summed E-state index contributed by atoms with van der Waals surface area (Å²) in [5.41, 5.74) is 1.85. The van der Waals surface area contributed by atoms with Gasteiger partial charge < -0.3 is 10.1 Å². The Bertz CT molecular complexity index is 1530. The van der Waals surface area contributed by atoms with Crippen molar-refractivity contribution in [2.75, 3.05) is 17.7 Å². The molecule has 0 unspecified atom stereocenters. The summed E-state index contributed by atoms with van der Waals surface area (Å²) in [7, 11) is 0. The van der Waals surface area contributed by atoms with E-state index in [0.29, 0.717) is 49.3 Å². The summed E-state index contributed by atoms with van der Waals surface area (Å²) in [5.74, 6) is -0.206. The van der Waals surface area contributed by atoms with Gasteiger partial charge in [0, 0.05) is 16.1 Å². The van der Waals surface area contributed by atoms with Crippen LogP contribution in [0, 0.1) is 5.82 Å². The van der Waals surface area contributed by atoms with E-state index in [4.69, 9.17) is 39.5 Å². The lowest BCUT2D eigenvalue weighted by Crippen LogP contribution is -2.25. The Kier molecular flexibility index (Phi) is 6.90. The molecule has 1 aliphatic rings. The van der Waals surface area contributed by atoms with Crippen LogP contribution in [0.25, 0.3) is 17.1 Å². The van der Waals surface area contributed by atoms with Gasteiger partial charge in [0.05, 0.1) is 27.2 Å². The van der Waals surface area contributed by atoms with Crippen LogP contribution in [0.1, 0.15) is 10.4 Å². The number of carbonyl (C=O) groups is 2. The first-order valence-corrected chi connectivity index (χ1v) is 12.5. The van der Waals surface area contributed by atoms with Gasteiger partial charge in [0.1, 0.15) is 11.6 Å². The zero-order chi connectivity index (χ0) is 25.4. The molecule has 3 aromatic carbocycles. The third-order valence-electron chi connectivity index (χ3n) is 5.23. The first kappa shape index (κ1) is 24.6. The van der Waals surface area contributed by atoms with E-state index in [1.807, 2.05) is 0 Å². The number of aromatic nitrogens is 3. The quantitative estimate of drug-likeness (QED) is 0.218. The van der Waals surface area contributed by atoms with Gasteiger partial charge in [-0.2, -0.15) is 0 Å². The molecular formula is C24H14Cl3FN4O3S. The molecule has 1 aliphatic heterocycles. The Morgan fingerprint density at radius 3 is 2.67 bits per heavy atom. The minimum atomic E-state index is -0.576. The number of ether oxygens (including phenoxy) is 1. The lowest BCUT2D eigenvalue weighted by Gasteiger charge is -2.18. The molecule has 7 nitrogen and oxygen atoms in total. The van der Waals surface area contributed by atoms with E-state index in [2.05, 4.69) is 15.5 Å². The summed E-state index contributed by atoms with van der Waals surface area (Å²) in [4.78, 5) is 24.6. The number of nitrogens with zero attached hydrogens (tertiary/aromatic N) is 3. The molecule has 1 amide bonds. The highest BCUT2D eigenvalue weighted by Gasteiger charge is 2.22. The van der Waals surface area contributed by atoms with E-state index in [-0.39, 0.29) is 29.1 Å². The molecule has 1 aromatic heterocycles. The monoisotopic (exact) mass is 562 g/mol. The summed E-state index contributed by atoms with van der Waals surface area (Å²) >= 11 is 19.6. The summed E-state index contributed by atoms with van der Waals surface area (Å²) in [6.07, 6.45) is 0. The number of carbonyl (C=O) groups excluding carboxylic acids is 2. The number of hydrogen-bond donors (Lipinski definition) is 1. The number of fused-ring (bicyclic) bond motifs is 1. The number of halogens is 4. The molecule has 0 atom stereocenters. The van der Waals surface area contributed by atoms with E-state index < -0.39 is 5.82 Å². The maximum absolute atomic E-state index is 13.9. The molecule has 0 radical (unpaired) electrons. The van der Waals surface area contributed by atoms with Crippen LogP contribution < -0.4 is 10.1 Å². The van der Waals surface area contributed by atoms with Gasteiger partial charge >= 0.3 is 0 Å². The Morgan fingerprint density at radius 2 is 1.89 bits per heavy atom. The first-order valence-electron chi connectivity index (χ1n) is 10.4. The van der Waals surface area contributed by atoms with Crippen LogP contribution in [-0.4, -0.2) is 38.8 Å². The zero-order valence-electron chi connectivity index (χ0n) is 18.1. The number of rotatable bonds is 6. The predicted molar refractivity (Wildman–Crippen MR) is 137 cm³/mol. The maximum atomic E-state index is 13.9. The van der Waals surface area contributed by atoms with Crippen molar-refractivity contribution >= 4 is 63.9 Å². The molecule has 0 spiro atoms. The van der Waals surface area contributed by atoms with Crippen LogP contribution in [0.5, 0.6) is 5.75 Å². The van der Waals surface area contributed by atoms with Gasteiger partial charge in [-0.15, -0.1) is 10.2 Å². The van der Waals surface area contributed by atoms with E-state index in [1.54, 1.807) is 41.0 Å². The Balaban J connectivity index is 1.48. The number of ketones is 1. The standard InChI is InChI=1S/C24H14Cl3FN4O3S/c25-13-2-4-15(16(26)8-13)23-30-31-24(32(23)14-3-5-18(28)17(27)9-14)36-11-20(33)12-1-6-21-19(7-12)29-22(34)10-35-21/h1-9H,10-11H2,(H,29,34). The van der Waals surface area contributed by atoms with Gasteiger partial charge in [0.15, 0.2) is 23.4 Å². The fourth-order valence-electron chi connectivity index (χ4n) is 3.54. The van der Waals surface area contributed by atoms with Crippen LogP contribution in [0.3, 0.4) is 0 Å². The zero-order valence-corrected chi connectivity index (χ0v) is 21.2. The Morgan fingerprint density at radius 1 is 1.06 bits per heavy atom. The van der Waals surface area contributed by atoms with Gasteiger partial charge in [-0.25, -0.2) is 4.39 Å². The second kappa shape index (κ2) is 10.1. The fourth-order valence-corrected chi connectivity index (χ4v) is 5.05. The van der Waals surface area contributed by atoms with Crippen molar-refractivity contribution in [3.8, 4) is 22.8 Å². The highest BCUT2D eigenvalue weighted by molar-refractivity contribution is 7.99. The van der Waals surface area contributed by atoms with Crippen molar-refractivity contribution in [1.82, 2.24) is 14.8 Å². The molecule has 12 heteroatoms. The van der Waals surface area contributed by atoms with Crippen molar-refractivity contribution in [2.45, 2.75) is 5.16 Å². The summed E-state index contributed by atoms with van der Waals surface area (Å²) in [6.45, 7) is -0.0703. The molecular weight excluding hydrogens is 550 g/mol. The summed E-state index contributed by atoms with van der Waals surface area (Å²) in [6, 6.07) is 13.9. The van der Waals surface area contributed by atoms with Crippen LogP contribution in [0.4, 0.5) is 10.1 Å². The van der Waals surface area contributed by atoms with E-state index >= 15 is 0 Å². The molecule has 36 heavy (non-hydrogen) atoms. The highest BCUT2D eigenvalue weighted by atomic mass is 35.5. The number of Topliss-reactive ketones (excluding diaryl/α,β-unsaturated/α-hetero) is 1. The smallest absolute Gasteiger partial charge is 0.262 e. The van der Waals surface area contributed by atoms with E-state index in [1.165, 1.54) is 18.2 Å². The number of anilines is 1. The lowest BCUT2D eigenvalue weighted by atomic mass is 10.1. The minimum Gasteiger partial charge on any atom is -0.482 e. The molecule has 0 saturated heterocycles. The van der Waals surface area contributed by atoms with Crippen LogP contribution in [-0.2, 0) is 4.79 Å². The molecule has 1 N–H and O–H groups in total. The number of hydrogen-bond acceptors (Lipinski definition) is 6. The first-order chi connectivity index (χ1) is 17.3. The topological polar surface area (TPSA) is 86.1 Å². The summed E-state index contributed by atoms with van der Waals surface area (Å²) < 4.78 is 20.8. The summed E-state index contributed by atoms with van der Waals surface area (Å²) in [5, 5.41) is 12.3. The second-order valence-electron chi connectivity index (χ2n) is 7.62.